The minimum Gasteiger partial charge on any atom is -0.308 e. The number of hydrogen-bond donors (Lipinski definition) is 2. The molecule has 0 aliphatic carbocycles. The number of halogens is 3. The van der Waals surface area contributed by atoms with Gasteiger partial charge in [-0.05, 0) is 59.0 Å². The first-order valence-electron chi connectivity index (χ1n) is 12.0. The average molecular weight is 516 g/mol. The third-order valence-electron chi connectivity index (χ3n) is 6.66. The van der Waals surface area contributed by atoms with Crippen molar-refractivity contribution in [3.05, 3.63) is 125 Å². The first-order chi connectivity index (χ1) is 18.2. The highest BCUT2D eigenvalue weighted by Gasteiger charge is 2.31. The number of para-hydroxylation sites is 1. The highest BCUT2D eigenvalue weighted by molar-refractivity contribution is 6.13. The van der Waals surface area contributed by atoms with E-state index in [2.05, 4.69) is 5.32 Å². The summed E-state index contributed by atoms with van der Waals surface area (Å²) >= 11 is 0. The topological polar surface area (TPSA) is 75.4 Å². The molecule has 4 aromatic rings. The van der Waals surface area contributed by atoms with Crippen LogP contribution in [0.25, 0.3) is 11.1 Å². The standard InChI is InChI=1S/C30H24F3N3O2/c31-30(32,33)22-13-10-19(11-14-22)24-8-4-5-9-26(24)27(37)21-12-15-25-20(18-21)16-17-36(28(25)34)29(38)35-23-6-2-1-3-7-23/h1-15,18,28H,16-17,34H2,(H,35,38). The molecule has 8 heteroatoms. The fraction of sp³-hybridized carbons (Fsp3) is 0.133. The van der Waals surface area contributed by atoms with Crippen LogP contribution >= 0.6 is 0 Å². The van der Waals surface area contributed by atoms with Gasteiger partial charge in [-0.1, -0.05) is 66.7 Å². The summed E-state index contributed by atoms with van der Waals surface area (Å²) in [5, 5.41) is 2.85. The van der Waals surface area contributed by atoms with Gasteiger partial charge in [-0.15, -0.1) is 0 Å². The number of nitrogens with two attached hydrogens (primary N) is 1. The molecule has 4 aromatic carbocycles. The first kappa shape index (κ1) is 25.2. The zero-order valence-corrected chi connectivity index (χ0v) is 20.2. The van der Waals surface area contributed by atoms with Crippen molar-refractivity contribution < 1.29 is 22.8 Å². The molecule has 1 aliphatic rings. The van der Waals surface area contributed by atoms with Crippen molar-refractivity contribution in [1.82, 2.24) is 4.90 Å². The molecular formula is C30H24F3N3O2. The molecule has 0 bridgehead atoms. The molecule has 3 N–H and O–H groups in total. The van der Waals surface area contributed by atoms with Crippen molar-refractivity contribution in [2.75, 3.05) is 11.9 Å². The van der Waals surface area contributed by atoms with Gasteiger partial charge in [-0.2, -0.15) is 13.2 Å². The Labute approximate surface area is 217 Å². The van der Waals surface area contributed by atoms with E-state index in [-0.39, 0.29) is 11.8 Å². The number of anilines is 1. The highest BCUT2D eigenvalue weighted by Crippen LogP contribution is 2.33. The molecular weight excluding hydrogens is 491 g/mol. The molecule has 0 spiro atoms. The summed E-state index contributed by atoms with van der Waals surface area (Å²) in [6.07, 6.45) is -4.59. The molecule has 0 saturated carbocycles. The fourth-order valence-corrected chi connectivity index (χ4v) is 4.67. The van der Waals surface area contributed by atoms with Crippen LogP contribution in [0.2, 0.25) is 0 Å². The molecule has 0 radical (unpaired) electrons. The van der Waals surface area contributed by atoms with E-state index in [4.69, 9.17) is 5.73 Å². The van der Waals surface area contributed by atoms with E-state index in [1.165, 1.54) is 12.1 Å². The van der Waals surface area contributed by atoms with Crippen LogP contribution in [0.3, 0.4) is 0 Å². The number of carbonyl (C=O) groups is 2. The van der Waals surface area contributed by atoms with E-state index < -0.39 is 17.9 Å². The Morgan fingerprint density at radius 1 is 0.868 bits per heavy atom. The zero-order chi connectivity index (χ0) is 26.9. The Hall–Kier alpha value is -4.43. The molecule has 1 atom stereocenters. The van der Waals surface area contributed by atoms with E-state index in [9.17, 15) is 22.8 Å². The lowest BCUT2D eigenvalue weighted by atomic mass is 9.90. The lowest BCUT2D eigenvalue weighted by Gasteiger charge is -2.35. The van der Waals surface area contributed by atoms with Gasteiger partial charge >= 0.3 is 12.2 Å². The zero-order valence-electron chi connectivity index (χ0n) is 20.2. The molecule has 1 aliphatic heterocycles. The van der Waals surface area contributed by atoms with E-state index in [1.807, 2.05) is 18.2 Å². The van der Waals surface area contributed by atoms with Crippen LogP contribution in [0.1, 0.15) is 38.8 Å². The number of rotatable bonds is 4. The quantitative estimate of drug-likeness (QED) is 0.299. The van der Waals surface area contributed by atoms with Crippen LogP contribution in [-0.4, -0.2) is 23.3 Å². The second-order valence-electron chi connectivity index (χ2n) is 9.05. The Morgan fingerprint density at radius 3 is 2.26 bits per heavy atom. The number of benzene rings is 4. The van der Waals surface area contributed by atoms with E-state index >= 15 is 0 Å². The highest BCUT2D eigenvalue weighted by atomic mass is 19.4. The van der Waals surface area contributed by atoms with Crippen molar-refractivity contribution in [3.8, 4) is 11.1 Å². The Bertz CT molecular complexity index is 1490. The molecule has 5 nitrogen and oxygen atoms in total. The number of hydrogen-bond acceptors (Lipinski definition) is 3. The summed E-state index contributed by atoms with van der Waals surface area (Å²) in [7, 11) is 0. The molecule has 38 heavy (non-hydrogen) atoms. The molecule has 1 heterocycles. The van der Waals surface area contributed by atoms with Crippen molar-refractivity contribution >= 4 is 17.5 Å². The summed E-state index contributed by atoms with van der Waals surface area (Å²) < 4.78 is 39.0. The van der Waals surface area contributed by atoms with Crippen LogP contribution in [0.4, 0.5) is 23.7 Å². The van der Waals surface area contributed by atoms with E-state index in [1.54, 1.807) is 59.5 Å². The Morgan fingerprint density at radius 2 is 1.55 bits per heavy atom. The maximum absolute atomic E-state index is 13.5. The normalized spacial score (nSPS) is 15.1. The monoisotopic (exact) mass is 515 g/mol. The third kappa shape index (κ3) is 5.03. The van der Waals surface area contributed by atoms with Gasteiger partial charge in [0.15, 0.2) is 5.78 Å². The van der Waals surface area contributed by atoms with Gasteiger partial charge in [0.1, 0.15) is 6.17 Å². The molecule has 5 rings (SSSR count). The minimum atomic E-state index is -4.43. The lowest BCUT2D eigenvalue weighted by Crippen LogP contribution is -2.46. The molecule has 1 unspecified atom stereocenters. The predicted octanol–water partition coefficient (Wildman–Crippen LogP) is 6.65. The molecule has 2 amide bonds. The SMILES string of the molecule is NC1c2ccc(C(=O)c3ccccc3-c3ccc(C(F)(F)F)cc3)cc2CCN1C(=O)Nc1ccccc1. The summed E-state index contributed by atoms with van der Waals surface area (Å²) in [4.78, 5) is 27.9. The molecule has 0 fully saturated rings. The Balaban J connectivity index is 1.38. The lowest BCUT2D eigenvalue weighted by molar-refractivity contribution is -0.137. The number of urea groups is 1. The number of nitrogens with zero attached hydrogens (tertiary/aromatic N) is 1. The van der Waals surface area contributed by atoms with Gasteiger partial charge < -0.3 is 16.0 Å². The smallest absolute Gasteiger partial charge is 0.308 e. The summed E-state index contributed by atoms with van der Waals surface area (Å²) in [6, 6.07) is 25.6. The van der Waals surface area contributed by atoms with Crippen molar-refractivity contribution in [2.24, 2.45) is 5.73 Å². The molecule has 0 saturated heterocycles. The summed E-state index contributed by atoms with van der Waals surface area (Å²) in [5.74, 6) is -0.249. The molecule has 192 valence electrons. The number of fused-ring (bicyclic) bond motifs is 1. The van der Waals surface area contributed by atoms with Gasteiger partial charge in [-0.25, -0.2) is 4.79 Å². The van der Waals surface area contributed by atoms with Crippen LogP contribution in [-0.2, 0) is 12.6 Å². The number of carbonyl (C=O) groups excluding carboxylic acids is 2. The second kappa shape index (κ2) is 10.1. The van der Waals surface area contributed by atoms with Gasteiger partial charge in [0, 0.05) is 23.4 Å². The number of amides is 2. The third-order valence-corrected chi connectivity index (χ3v) is 6.66. The predicted molar refractivity (Wildman–Crippen MR) is 140 cm³/mol. The fourth-order valence-electron chi connectivity index (χ4n) is 4.67. The van der Waals surface area contributed by atoms with Crippen LogP contribution in [0.15, 0.2) is 97.1 Å². The van der Waals surface area contributed by atoms with Crippen LogP contribution < -0.4 is 11.1 Å². The van der Waals surface area contributed by atoms with E-state index in [0.717, 1.165) is 23.3 Å². The maximum Gasteiger partial charge on any atom is 0.416 e. The minimum absolute atomic E-state index is 0.249. The van der Waals surface area contributed by atoms with Crippen molar-refractivity contribution in [1.29, 1.82) is 0 Å². The number of ketones is 1. The largest absolute Gasteiger partial charge is 0.416 e. The first-order valence-corrected chi connectivity index (χ1v) is 12.0. The summed E-state index contributed by atoms with van der Waals surface area (Å²) in [5.41, 5.74) is 9.87. The van der Waals surface area contributed by atoms with Gasteiger partial charge in [-0.3, -0.25) is 4.79 Å². The van der Waals surface area contributed by atoms with Crippen LogP contribution in [0.5, 0.6) is 0 Å². The average Bonchev–Trinajstić information content (AvgIpc) is 2.93. The van der Waals surface area contributed by atoms with Crippen LogP contribution in [0, 0.1) is 0 Å². The second-order valence-corrected chi connectivity index (χ2v) is 9.05. The summed E-state index contributed by atoms with van der Waals surface area (Å²) in [6.45, 7) is 0.382. The number of alkyl halides is 3. The van der Waals surface area contributed by atoms with Gasteiger partial charge in [0.05, 0.1) is 5.56 Å². The van der Waals surface area contributed by atoms with E-state index in [0.29, 0.717) is 40.9 Å². The number of nitrogens with one attached hydrogen (secondary N) is 1. The molecule has 0 aromatic heterocycles. The Kier molecular flexibility index (Phi) is 6.73. The maximum atomic E-state index is 13.5. The van der Waals surface area contributed by atoms with Crippen molar-refractivity contribution in [2.45, 2.75) is 18.8 Å². The van der Waals surface area contributed by atoms with Crippen molar-refractivity contribution in [3.63, 3.8) is 0 Å². The van der Waals surface area contributed by atoms with Gasteiger partial charge in [0.25, 0.3) is 0 Å². The van der Waals surface area contributed by atoms with Gasteiger partial charge in [0.2, 0.25) is 0 Å².